The minimum absolute atomic E-state index is 0.350. The largest absolute Gasteiger partial charge is 0.508 e. The second-order valence-corrected chi connectivity index (χ2v) is 1.90. The summed E-state index contributed by atoms with van der Waals surface area (Å²) in [5.41, 5.74) is 0. The maximum atomic E-state index is 8.86. The molecule has 1 nitrogen and oxygen atoms in total. The first-order chi connectivity index (χ1) is 4.31. The number of hydrogen-bond acceptors (Lipinski definition) is 1. The molecule has 0 aliphatic rings. The van der Waals surface area contributed by atoms with Gasteiger partial charge in [-0.15, -0.1) is 0 Å². The van der Waals surface area contributed by atoms with Crippen LogP contribution in [0.5, 0.6) is 0 Å². The second-order valence-electron chi connectivity index (χ2n) is 1.90. The number of rotatable bonds is 3. The highest BCUT2D eigenvalue weighted by Gasteiger charge is 1.77. The Bertz CT molecular complexity index is 112. The van der Waals surface area contributed by atoms with Crippen molar-refractivity contribution in [2.24, 2.45) is 0 Å². The van der Waals surface area contributed by atoms with Crippen LogP contribution in [0.2, 0.25) is 0 Å². The van der Waals surface area contributed by atoms with Crippen LogP contribution in [0, 0.1) is 0 Å². The van der Waals surface area contributed by atoms with Crippen molar-refractivity contribution in [3.8, 4) is 0 Å². The molecule has 0 bridgehead atoms. The highest BCUT2D eigenvalue weighted by Crippen LogP contribution is 1.93. The molecule has 0 unspecified atom stereocenters. The number of aliphatic hydroxyl groups excluding tert-OH is 1. The lowest BCUT2D eigenvalue weighted by Gasteiger charge is -1.86. The lowest BCUT2D eigenvalue weighted by Crippen LogP contribution is -1.70. The van der Waals surface area contributed by atoms with Crippen molar-refractivity contribution in [2.75, 3.05) is 0 Å². The molecule has 0 aromatic rings. The molecule has 0 amide bonds. The van der Waals surface area contributed by atoms with E-state index in [-0.39, 0.29) is 0 Å². The molecule has 1 N–H and O–H groups in total. The summed E-state index contributed by atoms with van der Waals surface area (Å²) >= 11 is 0. The fourth-order valence-corrected chi connectivity index (χ4v) is 0.467. The third-order valence-electron chi connectivity index (χ3n) is 1.04. The number of aliphatic hydroxyl groups is 1. The Labute approximate surface area is 56.7 Å². The average molecular weight is 126 g/mol. The average Bonchev–Trinajstić information content (AvgIpc) is 1.89. The SMILES string of the molecule is CC=C(O)C=CCCC. The summed E-state index contributed by atoms with van der Waals surface area (Å²) in [4.78, 5) is 0. The highest BCUT2D eigenvalue weighted by atomic mass is 16.3. The van der Waals surface area contributed by atoms with Crippen LogP contribution in [-0.4, -0.2) is 5.11 Å². The molecule has 0 radical (unpaired) electrons. The molecule has 0 atom stereocenters. The van der Waals surface area contributed by atoms with E-state index in [1.54, 1.807) is 12.2 Å². The van der Waals surface area contributed by atoms with Crippen molar-refractivity contribution in [3.63, 3.8) is 0 Å². The third kappa shape index (κ3) is 5.15. The van der Waals surface area contributed by atoms with Crippen LogP contribution < -0.4 is 0 Å². The molecule has 0 saturated carbocycles. The molecule has 0 saturated heterocycles. The van der Waals surface area contributed by atoms with E-state index in [2.05, 4.69) is 6.92 Å². The van der Waals surface area contributed by atoms with E-state index >= 15 is 0 Å². The molecule has 0 fully saturated rings. The Hall–Kier alpha value is -0.720. The molecule has 0 aromatic heterocycles. The van der Waals surface area contributed by atoms with E-state index in [4.69, 9.17) is 5.11 Å². The van der Waals surface area contributed by atoms with Crippen LogP contribution >= 0.6 is 0 Å². The minimum Gasteiger partial charge on any atom is -0.508 e. The smallest absolute Gasteiger partial charge is 0.110 e. The lowest BCUT2D eigenvalue weighted by molar-refractivity contribution is 0.431. The third-order valence-corrected chi connectivity index (χ3v) is 1.04. The first kappa shape index (κ1) is 8.28. The lowest BCUT2D eigenvalue weighted by atomic mass is 10.3. The van der Waals surface area contributed by atoms with Gasteiger partial charge in [0.2, 0.25) is 0 Å². The van der Waals surface area contributed by atoms with Crippen molar-refractivity contribution in [3.05, 3.63) is 24.0 Å². The molecule has 1 heteroatoms. The monoisotopic (exact) mass is 126 g/mol. The van der Waals surface area contributed by atoms with Gasteiger partial charge in [0.05, 0.1) is 0 Å². The quantitative estimate of drug-likeness (QED) is 0.455. The molecule has 0 aliphatic heterocycles. The van der Waals surface area contributed by atoms with Crippen LogP contribution in [0.1, 0.15) is 26.7 Å². The zero-order valence-corrected chi connectivity index (χ0v) is 6.09. The fourth-order valence-electron chi connectivity index (χ4n) is 0.467. The van der Waals surface area contributed by atoms with Gasteiger partial charge in [0.15, 0.2) is 0 Å². The van der Waals surface area contributed by atoms with E-state index in [1.807, 2.05) is 13.0 Å². The summed E-state index contributed by atoms with van der Waals surface area (Å²) in [5, 5.41) is 8.86. The topological polar surface area (TPSA) is 20.2 Å². The molecule has 9 heavy (non-hydrogen) atoms. The molecular weight excluding hydrogens is 112 g/mol. The van der Waals surface area contributed by atoms with Crippen molar-refractivity contribution >= 4 is 0 Å². The number of allylic oxidation sites excluding steroid dienone is 3. The van der Waals surface area contributed by atoms with Gasteiger partial charge in [-0.25, -0.2) is 0 Å². The van der Waals surface area contributed by atoms with Gasteiger partial charge in [0.1, 0.15) is 5.76 Å². The minimum atomic E-state index is 0.350. The zero-order chi connectivity index (χ0) is 7.11. The summed E-state index contributed by atoms with van der Waals surface area (Å²) < 4.78 is 0. The first-order valence-electron chi connectivity index (χ1n) is 3.33. The summed E-state index contributed by atoms with van der Waals surface area (Å²) in [6, 6.07) is 0. The maximum Gasteiger partial charge on any atom is 0.110 e. The molecule has 0 spiro atoms. The molecule has 52 valence electrons. The maximum absolute atomic E-state index is 8.86. The van der Waals surface area contributed by atoms with Crippen molar-refractivity contribution in [2.45, 2.75) is 26.7 Å². The van der Waals surface area contributed by atoms with Gasteiger partial charge in [0, 0.05) is 0 Å². The van der Waals surface area contributed by atoms with Gasteiger partial charge in [-0.2, -0.15) is 0 Å². The van der Waals surface area contributed by atoms with Crippen LogP contribution in [0.25, 0.3) is 0 Å². The van der Waals surface area contributed by atoms with E-state index in [9.17, 15) is 0 Å². The Balaban J connectivity index is 3.45. The van der Waals surface area contributed by atoms with Crippen LogP contribution in [0.4, 0.5) is 0 Å². The van der Waals surface area contributed by atoms with Gasteiger partial charge >= 0.3 is 0 Å². The van der Waals surface area contributed by atoms with Gasteiger partial charge in [-0.1, -0.05) is 19.4 Å². The van der Waals surface area contributed by atoms with E-state index in [1.165, 1.54) is 0 Å². The van der Waals surface area contributed by atoms with E-state index < -0.39 is 0 Å². The van der Waals surface area contributed by atoms with Gasteiger partial charge in [-0.3, -0.25) is 0 Å². The van der Waals surface area contributed by atoms with Crippen LogP contribution in [0.15, 0.2) is 24.0 Å². The van der Waals surface area contributed by atoms with Gasteiger partial charge in [0.25, 0.3) is 0 Å². The molecule has 0 aliphatic carbocycles. The van der Waals surface area contributed by atoms with Gasteiger partial charge in [-0.05, 0) is 25.5 Å². The Morgan fingerprint density at radius 3 is 2.67 bits per heavy atom. The summed E-state index contributed by atoms with van der Waals surface area (Å²) in [6.07, 6.45) is 7.54. The van der Waals surface area contributed by atoms with Gasteiger partial charge < -0.3 is 5.11 Å². The predicted octanol–water partition coefficient (Wildman–Crippen LogP) is 2.80. The molecular formula is C8H14O. The van der Waals surface area contributed by atoms with Crippen molar-refractivity contribution in [1.82, 2.24) is 0 Å². The summed E-state index contributed by atoms with van der Waals surface area (Å²) in [5.74, 6) is 0.350. The highest BCUT2D eigenvalue weighted by molar-refractivity contribution is 5.08. The number of unbranched alkanes of at least 4 members (excludes halogenated alkanes) is 1. The molecule has 0 heterocycles. The van der Waals surface area contributed by atoms with E-state index in [0.29, 0.717) is 5.76 Å². The van der Waals surface area contributed by atoms with Crippen LogP contribution in [-0.2, 0) is 0 Å². The fraction of sp³-hybridized carbons (Fsp3) is 0.500. The van der Waals surface area contributed by atoms with Crippen LogP contribution in [0.3, 0.4) is 0 Å². The second kappa shape index (κ2) is 5.42. The van der Waals surface area contributed by atoms with E-state index in [0.717, 1.165) is 12.8 Å². The Morgan fingerprint density at radius 2 is 2.22 bits per heavy atom. The summed E-state index contributed by atoms with van der Waals surface area (Å²) in [7, 11) is 0. The molecule has 0 aromatic carbocycles. The normalized spacial score (nSPS) is 12.9. The van der Waals surface area contributed by atoms with Crippen molar-refractivity contribution < 1.29 is 5.11 Å². The Morgan fingerprint density at radius 1 is 1.56 bits per heavy atom. The number of hydrogen-bond donors (Lipinski definition) is 1. The van der Waals surface area contributed by atoms with Crippen molar-refractivity contribution in [1.29, 1.82) is 0 Å². The summed E-state index contributed by atoms with van der Waals surface area (Å²) in [6.45, 7) is 3.92. The Kier molecular flexibility index (Phi) is 4.98. The molecule has 0 rings (SSSR count). The first-order valence-corrected chi connectivity index (χ1v) is 3.33. The predicted molar refractivity (Wildman–Crippen MR) is 40.4 cm³/mol. The zero-order valence-electron chi connectivity index (χ0n) is 6.09. The standard InChI is InChI=1S/C8H14O/c1-3-5-6-7-8(9)4-2/h4,6-7,9H,3,5H2,1-2H3.